The summed E-state index contributed by atoms with van der Waals surface area (Å²) in [5, 5.41) is 11.9. The molecule has 0 aromatic heterocycles. The predicted molar refractivity (Wildman–Crippen MR) is 58.0 cm³/mol. The highest BCUT2D eigenvalue weighted by Gasteiger charge is 2.40. The Morgan fingerprint density at radius 1 is 1.38 bits per heavy atom. The quantitative estimate of drug-likeness (QED) is 0.741. The Morgan fingerprint density at radius 3 is 2.38 bits per heavy atom. The van der Waals surface area contributed by atoms with Crippen molar-refractivity contribution < 1.29 is 19.4 Å². The maximum absolute atomic E-state index is 11.4. The van der Waals surface area contributed by atoms with E-state index in [9.17, 15) is 14.7 Å². The number of carbonyl (C=O) groups excluding carboxylic acids is 1. The zero-order valence-electron chi connectivity index (χ0n) is 9.78. The van der Waals surface area contributed by atoms with Crippen molar-refractivity contribution in [2.75, 3.05) is 19.8 Å². The Balaban J connectivity index is 2.58. The number of ether oxygens (including phenoxy) is 1. The molecule has 5 heteroatoms. The van der Waals surface area contributed by atoms with E-state index in [-0.39, 0.29) is 18.4 Å². The monoisotopic (exact) mass is 229 g/mol. The van der Waals surface area contributed by atoms with Gasteiger partial charge in [-0.15, -0.1) is 0 Å². The molecular weight excluding hydrogens is 210 g/mol. The van der Waals surface area contributed by atoms with Crippen molar-refractivity contribution >= 4 is 11.9 Å². The standard InChI is InChI=1S/C11H19NO4/c1-8(2)9(13)12-7-11(10(14)15)3-5-16-6-4-11/h8H,3-7H2,1-2H3,(H,12,13)(H,14,15). The lowest BCUT2D eigenvalue weighted by Crippen LogP contribution is -2.47. The van der Waals surface area contributed by atoms with Crippen molar-refractivity contribution in [3.63, 3.8) is 0 Å². The van der Waals surface area contributed by atoms with Gasteiger partial charge in [0.15, 0.2) is 0 Å². The molecule has 1 heterocycles. The van der Waals surface area contributed by atoms with Gasteiger partial charge in [0.25, 0.3) is 0 Å². The minimum Gasteiger partial charge on any atom is -0.481 e. The van der Waals surface area contributed by atoms with Gasteiger partial charge >= 0.3 is 5.97 Å². The molecule has 2 N–H and O–H groups in total. The minimum atomic E-state index is -0.847. The zero-order valence-corrected chi connectivity index (χ0v) is 9.78. The van der Waals surface area contributed by atoms with Crippen LogP contribution in [0.1, 0.15) is 26.7 Å². The Morgan fingerprint density at radius 2 is 1.94 bits per heavy atom. The first-order valence-electron chi connectivity index (χ1n) is 5.57. The molecular formula is C11H19NO4. The van der Waals surface area contributed by atoms with Gasteiger partial charge in [0, 0.05) is 25.7 Å². The highest BCUT2D eigenvalue weighted by Crippen LogP contribution is 2.30. The fourth-order valence-electron chi connectivity index (χ4n) is 1.69. The second-order valence-electron chi connectivity index (χ2n) is 4.57. The summed E-state index contributed by atoms with van der Waals surface area (Å²) in [5.74, 6) is -1.07. The van der Waals surface area contributed by atoms with Crippen molar-refractivity contribution in [3.05, 3.63) is 0 Å². The first kappa shape index (κ1) is 13.0. The number of hydrogen-bond acceptors (Lipinski definition) is 3. The first-order chi connectivity index (χ1) is 7.48. The molecule has 1 saturated heterocycles. The molecule has 0 aromatic rings. The van der Waals surface area contributed by atoms with E-state index in [1.165, 1.54) is 0 Å². The van der Waals surface area contributed by atoms with Crippen molar-refractivity contribution in [3.8, 4) is 0 Å². The van der Waals surface area contributed by atoms with Gasteiger partial charge in [-0.2, -0.15) is 0 Å². The number of nitrogens with one attached hydrogen (secondary N) is 1. The summed E-state index contributed by atoms with van der Waals surface area (Å²) in [7, 11) is 0. The minimum absolute atomic E-state index is 0.105. The summed E-state index contributed by atoms with van der Waals surface area (Å²) in [5.41, 5.74) is -0.844. The highest BCUT2D eigenvalue weighted by atomic mass is 16.5. The van der Waals surface area contributed by atoms with Crippen molar-refractivity contribution in [1.29, 1.82) is 0 Å². The number of carboxylic acids is 1. The van der Waals surface area contributed by atoms with Crippen LogP contribution in [0.25, 0.3) is 0 Å². The molecule has 0 saturated carbocycles. The topological polar surface area (TPSA) is 75.6 Å². The van der Waals surface area contributed by atoms with Crippen molar-refractivity contribution in [1.82, 2.24) is 5.32 Å². The lowest BCUT2D eigenvalue weighted by atomic mass is 9.80. The van der Waals surface area contributed by atoms with Crippen LogP contribution in [0.4, 0.5) is 0 Å². The van der Waals surface area contributed by atoms with E-state index < -0.39 is 11.4 Å². The Labute approximate surface area is 95.2 Å². The van der Waals surface area contributed by atoms with E-state index in [1.807, 2.05) is 0 Å². The van der Waals surface area contributed by atoms with Crippen LogP contribution < -0.4 is 5.32 Å². The van der Waals surface area contributed by atoms with Crippen molar-refractivity contribution in [2.45, 2.75) is 26.7 Å². The largest absolute Gasteiger partial charge is 0.481 e. The third kappa shape index (κ3) is 2.95. The van der Waals surface area contributed by atoms with Gasteiger partial charge in [-0.3, -0.25) is 9.59 Å². The Bertz CT molecular complexity index is 269. The highest BCUT2D eigenvalue weighted by molar-refractivity contribution is 5.80. The lowest BCUT2D eigenvalue weighted by Gasteiger charge is -2.33. The van der Waals surface area contributed by atoms with Gasteiger partial charge in [-0.25, -0.2) is 0 Å². The van der Waals surface area contributed by atoms with Crippen LogP contribution in [-0.2, 0) is 14.3 Å². The smallest absolute Gasteiger partial charge is 0.311 e. The third-order valence-corrected chi connectivity index (χ3v) is 3.03. The number of carbonyl (C=O) groups is 2. The van der Waals surface area contributed by atoms with E-state index in [2.05, 4.69) is 5.32 Å². The number of rotatable bonds is 4. The van der Waals surface area contributed by atoms with Crippen LogP contribution in [0.3, 0.4) is 0 Å². The molecule has 1 fully saturated rings. The van der Waals surface area contributed by atoms with Crippen LogP contribution in [0.15, 0.2) is 0 Å². The number of hydrogen-bond donors (Lipinski definition) is 2. The molecule has 92 valence electrons. The summed E-state index contributed by atoms with van der Waals surface area (Å²) < 4.78 is 5.15. The fourth-order valence-corrected chi connectivity index (χ4v) is 1.69. The second kappa shape index (κ2) is 5.30. The number of carboxylic acid groups (broad SMARTS) is 1. The summed E-state index contributed by atoms with van der Waals surface area (Å²) in [4.78, 5) is 22.7. The Hall–Kier alpha value is -1.10. The van der Waals surface area contributed by atoms with Gasteiger partial charge < -0.3 is 15.2 Å². The van der Waals surface area contributed by atoms with E-state index in [1.54, 1.807) is 13.8 Å². The molecule has 0 aromatic carbocycles. The van der Waals surface area contributed by atoms with Crippen molar-refractivity contribution in [2.24, 2.45) is 11.3 Å². The summed E-state index contributed by atoms with van der Waals surface area (Å²) >= 11 is 0. The van der Waals surface area contributed by atoms with E-state index in [0.717, 1.165) is 0 Å². The zero-order chi connectivity index (χ0) is 12.2. The van der Waals surface area contributed by atoms with E-state index in [0.29, 0.717) is 26.1 Å². The third-order valence-electron chi connectivity index (χ3n) is 3.03. The number of aliphatic carboxylic acids is 1. The normalized spacial score (nSPS) is 19.4. The molecule has 0 unspecified atom stereocenters. The first-order valence-corrected chi connectivity index (χ1v) is 5.57. The van der Waals surface area contributed by atoms with Crippen LogP contribution >= 0.6 is 0 Å². The molecule has 1 rings (SSSR count). The molecule has 16 heavy (non-hydrogen) atoms. The summed E-state index contributed by atoms with van der Waals surface area (Å²) in [6.45, 7) is 4.66. The molecule has 0 bridgehead atoms. The summed E-state index contributed by atoms with van der Waals surface area (Å²) in [6, 6.07) is 0. The van der Waals surface area contributed by atoms with Gasteiger partial charge in [-0.05, 0) is 12.8 Å². The molecule has 1 aliphatic heterocycles. The van der Waals surface area contributed by atoms with Crippen LogP contribution in [0.2, 0.25) is 0 Å². The van der Waals surface area contributed by atoms with E-state index >= 15 is 0 Å². The maximum Gasteiger partial charge on any atom is 0.311 e. The van der Waals surface area contributed by atoms with Crippen LogP contribution in [0.5, 0.6) is 0 Å². The maximum atomic E-state index is 11.4. The molecule has 0 aliphatic carbocycles. The van der Waals surface area contributed by atoms with Gasteiger partial charge in [0.05, 0.1) is 5.41 Å². The molecule has 0 atom stereocenters. The molecule has 0 spiro atoms. The second-order valence-corrected chi connectivity index (χ2v) is 4.57. The van der Waals surface area contributed by atoms with Gasteiger partial charge in [-0.1, -0.05) is 13.8 Å². The lowest BCUT2D eigenvalue weighted by molar-refractivity contribution is -0.154. The van der Waals surface area contributed by atoms with Gasteiger partial charge in [0.1, 0.15) is 0 Å². The van der Waals surface area contributed by atoms with Crippen LogP contribution in [-0.4, -0.2) is 36.7 Å². The Kier molecular flexibility index (Phi) is 4.29. The average Bonchev–Trinajstić information content (AvgIpc) is 2.26. The van der Waals surface area contributed by atoms with E-state index in [4.69, 9.17) is 4.74 Å². The molecule has 1 amide bonds. The predicted octanol–water partition coefficient (Wildman–Crippen LogP) is 0.640. The molecule has 5 nitrogen and oxygen atoms in total. The average molecular weight is 229 g/mol. The van der Waals surface area contributed by atoms with Gasteiger partial charge in [0.2, 0.25) is 5.91 Å². The number of amides is 1. The van der Waals surface area contributed by atoms with Crippen LogP contribution in [0, 0.1) is 11.3 Å². The SMILES string of the molecule is CC(C)C(=O)NCC1(C(=O)O)CCOCC1. The summed E-state index contributed by atoms with van der Waals surface area (Å²) in [6.07, 6.45) is 0.918. The molecule has 0 radical (unpaired) electrons. The fraction of sp³-hybridized carbons (Fsp3) is 0.818. The molecule has 1 aliphatic rings.